The molecule has 0 aromatic rings. The number of fused-ring (bicyclic) bond motifs is 1. The van der Waals surface area contributed by atoms with Crippen molar-refractivity contribution >= 4 is 17.2 Å². The van der Waals surface area contributed by atoms with E-state index in [9.17, 15) is 5.11 Å². The zero-order chi connectivity index (χ0) is 12.0. The molecule has 0 bridgehead atoms. The Morgan fingerprint density at radius 3 is 2.94 bits per heavy atom. The minimum atomic E-state index is -0.588. The standard InChI is InChI=1S/C11H16N4OS/c1-7(16)14-6-10-12-9-5-3-2-4-8(9)11(17)15(10)13-14/h6-7,12-13,16H,2-5H2,1H3. The highest BCUT2D eigenvalue weighted by Gasteiger charge is 2.34. The zero-order valence-corrected chi connectivity index (χ0v) is 10.5. The lowest BCUT2D eigenvalue weighted by Gasteiger charge is -2.34. The van der Waals surface area contributed by atoms with Crippen molar-refractivity contribution in [2.24, 2.45) is 0 Å². The number of thiocarbonyl (C=S) groups is 1. The van der Waals surface area contributed by atoms with Crippen LogP contribution in [0.4, 0.5) is 0 Å². The van der Waals surface area contributed by atoms with Gasteiger partial charge in [0, 0.05) is 11.3 Å². The molecule has 0 fully saturated rings. The van der Waals surface area contributed by atoms with E-state index in [4.69, 9.17) is 12.2 Å². The molecule has 0 amide bonds. The Morgan fingerprint density at radius 2 is 2.18 bits per heavy atom. The number of hydrogen-bond donors (Lipinski definition) is 3. The van der Waals surface area contributed by atoms with Crippen LogP contribution in [0, 0.1) is 0 Å². The first kappa shape index (κ1) is 11.0. The van der Waals surface area contributed by atoms with Crippen molar-refractivity contribution in [1.29, 1.82) is 0 Å². The fraction of sp³-hybridized carbons (Fsp3) is 0.545. The second-order valence-electron chi connectivity index (χ2n) is 4.58. The van der Waals surface area contributed by atoms with Crippen molar-refractivity contribution in [2.75, 3.05) is 0 Å². The van der Waals surface area contributed by atoms with Crippen LogP contribution < -0.4 is 10.9 Å². The summed E-state index contributed by atoms with van der Waals surface area (Å²) < 4.78 is 0. The van der Waals surface area contributed by atoms with Gasteiger partial charge in [0.25, 0.3) is 0 Å². The molecule has 3 aliphatic rings. The van der Waals surface area contributed by atoms with Gasteiger partial charge in [0.2, 0.25) is 0 Å². The first-order valence-corrected chi connectivity index (χ1v) is 6.35. The molecule has 2 aliphatic heterocycles. The van der Waals surface area contributed by atoms with E-state index in [1.54, 1.807) is 11.9 Å². The zero-order valence-electron chi connectivity index (χ0n) is 9.73. The van der Waals surface area contributed by atoms with Crippen LogP contribution >= 0.6 is 12.2 Å². The minimum Gasteiger partial charge on any atom is -0.372 e. The maximum atomic E-state index is 9.55. The number of nitrogens with zero attached hydrogens (tertiary/aromatic N) is 2. The molecule has 1 atom stereocenters. The van der Waals surface area contributed by atoms with Crippen LogP contribution in [0.25, 0.3) is 0 Å². The molecule has 0 aromatic carbocycles. The summed E-state index contributed by atoms with van der Waals surface area (Å²) in [5, 5.41) is 16.4. The molecular weight excluding hydrogens is 236 g/mol. The Labute approximate surface area is 106 Å². The van der Waals surface area contributed by atoms with Gasteiger partial charge in [-0.05, 0) is 32.6 Å². The molecule has 17 heavy (non-hydrogen) atoms. The summed E-state index contributed by atoms with van der Waals surface area (Å²) in [6.45, 7) is 1.71. The molecule has 2 heterocycles. The van der Waals surface area contributed by atoms with E-state index >= 15 is 0 Å². The number of hydrazine groups is 2. The quantitative estimate of drug-likeness (QED) is 0.603. The fourth-order valence-corrected chi connectivity index (χ4v) is 2.76. The smallest absolute Gasteiger partial charge is 0.145 e. The first-order chi connectivity index (χ1) is 8.16. The van der Waals surface area contributed by atoms with Gasteiger partial charge in [-0.2, -0.15) is 0 Å². The maximum absolute atomic E-state index is 9.55. The number of nitrogens with one attached hydrogen (secondary N) is 2. The summed E-state index contributed by atoms with van der Waals surface area (Å²) in [6.07, 6.45) is 5.78. The molecule has 0 aromatic heterocycles. The van der Waals surface area contributed by atoms with Crippen molar-refractivity contribution in [2.45, 2.75) is 38.8 Å². The van der Waals surface area contributed by atoms with E-state index in [-0.39, 0.29) is 0 Å². The Morgan fingerprint density at radius 1 is 1.41 bits per heavy atom. The highest BCUT2D eigenvalue weighted by atomic mass is 32.1. The first-order valence-electron chi connectivity index (χ1n) is 5.95. The molecule has 5 nitrogen and oxygen atoms in total. The van der Waals surface area contributed by atoms with Gasteiger partial charge in [0.05, 0.1) is 6.20 Å². The second kappa shape index (κ2) is 3.97. The van der Waals surface area contributed by atoms with Gasteiger partial charge in [0.1, 0.15) is 17.0 Å². The highest BCUT2D eigenvalue weighted by molar-refractivity contribution is 7.80. The van der Waals surface area contributed by atoms with Crippen LogP contribution in [0.2, 0.25) is 0 Å². The Hall–Kier alpha value is -1.11. The number of rotatable bonds is 1. The topological polar surface area (TPSA) is 50.8 Å². The molecule has 1 aliphatic carbocycles. The van der Waals surface area contributed by atoms with Gasteiger partial charge < -0.3 is 10.4 Å². The van der Waals surface area contributed by atoms with Crippen molar-refractivity contribution in [3.63, 3.8) is 0 Å². The Kier molecular flexibility index (Phi) is 2.57. The van der Waals surface area contributed by atoms with E-state index < -0.39 is 6.23 Å². The lowest BCUT2D eigenvalue weighted by molar-refractivity contribution is 0.000132. The SMILES string of the molecule is CC(O)N1C=C2NC3=C(CCCC3)C(=S)N2N1. The van der Waals surface area contributed by atoms with E-state index in [0.717, 1.165) is 23.7 Å². The average molecular weight is 252 g/mol. The summed E-state index contributed by atoms with van der Waals surface area (Å²) in [4.78, 5) is 0.827. The lowest BCUT2D eigenvalue weighted by atomic mass is 9.94. The summed E-state index contributed by atoms with van der Waals surface area (Å²) in [5.41, 5.74) is 5.55. The summed E-state index contributed by atoms with van der Waals surface area (Å²) in [6, 6.07) is 0. The fourth-order valence-electron chi connectivity index (χ4n) is 2.39. The Bertz CT molecular complexity index is 429. The van der Waals surface area contributed by atoms with Crippen LogP contribution in [0.15, 0.2) is 23.3 Å². The van der Waals surface area contributed by atoms with Gasteiger partial charge in [0.15, 0.2) is 0 Å². The van der Waals surface area contributed by atoms with E-state index in [1.165, 1.54) is 24.1 Å². The molecule has 1 unspecified atom stereocenters. The van der Waals surface area contributed by atoms with Gasteiger partial charge in [-0.1, -0.05) is 12.2 Å². The third-order valence-electron chi connectivity index (χ3n) is 3.33. The molecule has 3 N–H and O–H groups in total. The third-order valence-corrected chi connectivity index (χ3v) is 3.76. The van der Waals surface area contributed by atoms with E-state index in [0.29, 0.717) is 0 Å². The van der Waals surface area contributed by atoms with E-state index in [2.05, 4.69) is 10.9 Å². The highest BCUT2D eigenvalue weighted by Crippen LogP contribution is 2.31. The van der Waals surface area contributed by atoms with Crippen molar-refractivity contribution in [3.05, 3.63) is 23.3 Å². The van der Waals surface area contributed by atoms with Gasteiger partial charge in [-0.25, -0.2) is 5.01 Å². The van der Waals surface area contributed by atoms with Gasteiger partial charge in [-0.15, -0.1) is 5.53 Å². The van der Waals surface area contributed by atoms with Crippen LogP contribution in [0.1, 0.15) is 32.6 Å². The van der Waals surface area contributed by atoms with Gasteiger partial charge >= 0.3 is 0 Å². The van der Waals surface area contributed by atoms with Crippen molar-refractivity contribution in [3.8, 4) is 0 Å². The minimum absolute atomic E-state index is 0.588. The average Bonchev–Trinajstić information content (AvgIpc) is 2.74. The molecule has 0 spiro atoms. The Balaban J connectivity index is 1.89. The predicted octanol–water partition coefficient (Wildman–Crippen LogP) is 0.919. The number of aliphatic hydroxyl groups is 1. The maximum Gasteiger partial charge on any atom is 0.145 e. The van der Waals surface area contributed by atoms with Crippen LogP contribution in [-0.2, 0) is 0 Å². The normalized spacial score (nSPS) is 25.3. The second-order valence-corrected chi connectivity index (χ2v) is 4.97. The summed E-state index contributed by atoms with van der Waals surface area (Å²) in [5.74, 6) is 0.900. The molecule has 0 saturated heterocycles. The number of allylic oxidation sites excluding steroid dienone is 1. The van der Waals surface area contributed by atoms with Crippen molar-refractivity contribution < 1.29 is 5.11 Å². The van der Waals surface area contributed by atoms with Gasteiger partial charge in [-0.3, -0.25) is 5.01 Å². The number of aliphatic hydroxyl groups excluding tert-OH is 1. The number of hydrogen-bond acceptors (Lipinski definition) is 5. The van der Waals surface area contributed by atoms with Crippen LogP contribution in [0.5, 0.6) is 0 Å². The van der Waals surface area contributed by atoms with Crippen LogP contribution in [0.3, 0.4) is 0 Å². The van der Waals surface area contributed by atoms with Crippen molar-refractivity contribution in [1.82, 2.24) is 20.9 Å². The lowest BCUT2D eigenvalue weighted by Crippen LogP contribution is -2.50. The molecule has 6 heteroatoms. The molecule has 0 saturated carbocycles. The van der Waals surface area contributed by atoms with Crippen LogP contribution in [-0.4, -0.2) is 26.3 Å². The predicted molar refractivity (Wildman–Crippen MR) is 67.8 cm³/mol. The summed E-state index contributed by atoms with van der Waals surface area (Å²) >= 11 is 5.50. The molecule has 3 rings (SSSR count). The monoisotopic (exact) mass is 252 g/mol. The molecule has 0 radical (unpaired) electrons. The largest absolute Gasteiger partial charge is 0.372 e. The molecular formula is C11H16N4OS. The van der Waals surface area contributed by atoms with E-state index in [1.807, 2.05) is 11.2 Å². The molecule has 92 valence electrons. The summed E-state index contributed by atoms with van der Waals surface area (Å²) in [7, 11) is 0. The third kappa shape index (κ3) is 1.72.